The van der Waals surface area contributed by atoms with Crippen molar-refractivity contribution in [1.82, 2.24) is 18.9 Å². The maximum atomic E-state index is 6.61. The number of imidazole rings is 1. The Kier molecular flexibility index (Phi) is 5.45. The first-order valence-corrected chi connectivity index (χ1v) is 14.8. The van der Waals surface area contributed by atoms with Crippen molar-refractivity contribution in [3.8, 4) is 17.3 Å². The Labute approximate surface area is 250 Å². The minimum absolute atomic E-state index is 0.0699. The molecule has 0 N–H and O–H groups in total. The van der Waals surface area contributed by atoms with Crippen LogP contribution in [0.4, 0.5) is 0 Å². The van der Waals surface area contributed by atoms with Crippen LogP contribution in [0.15, 0.2) is 103 Å². The molecule has 210 valence electrons. The third-order valence-corrected chi connectivity index (χ3v) is 8.70. The molecule has 0 spiro atoms. The molecule has 5 heteroatoms. The summed E-state index contributed by atoms with van der Waals surface area (Å²) in [6.45, 7) is 10.9. The minimum Gasteiger partial charge on any atom is -0.457 e. The van der Waals surface area contributed by atoms with Gasteiger partial charge in [0, 0.05) is 45.1 Å². The first-order chi connectivity index (χ1) is 20.8. The Morgan fingerprint density at radius 2 is 1.28 bits per heavy atom. The number of ether oxygens (including phenoxy) is 1. The normalized spacial score (nSPS) is 12.3. The second-order valence-electron chi connectivity index (χ2n) is 12.4. The Hall–Kier alpha value is -5.16. The second-order valence-corrected chi connectivity index (χ2v) is 12.4. The highest BCUT2D eigenvalue weighted by molar-refractivity contribution is 6.12. The van der Waals surface area contributed by atoms with Gasteiger partial charge in [-0.15, -0.1) is 0 Å². The van der Waals surface area contributed by atoms with Crippen LogP contribution in [0.3, 0.4) is 0 Å². The van der Waals surface area contributed by atoms with Gasteiger partial charge in [-0.1, -0.05) is 63.2 Å². The van der Waals surface area contributed by atoms with E-state index in [1.165, 1.54) is 32.6 Å². The molecule has 5 nitrogen and oxygen atoms in total. The second kappa shape index (κ2) is 9.17. The lowest BCUT2D eigenvalue weighted by atomic mass is 9.87. The highest BCUT2D eigenvalue weighted by atomic mass is 16.5. The van der Waals surface area contributed by atoms with Gasteiger partial charge < -0.3 is 4.74 Å². The van der Waals surface area contributed by atoms with Crippen molar-refractivity contribution in [3.63, 3.8) is 0 Å². The molecule has 8 aromatic rings. The van der Waals surface area contributed by atoms with Crippen molar-refractivity contribution in [3.05, 3.63) is 120 Å². The predicted molar refractivity (Wildman–Crippen MR) is 177 cm³/mol. The molecule has 4 aromatic carbocycles. The van der Waals surface area contributed by atoms with E-state index in [0.717, 1.165) is 50.8 Å². The van der Waals surface area contributed by atoms with Crippen molar-refractivity contribution in [2.45, 2.75) is 40.0 Å². The van der Waals surface area contributed by atoms with E-state index < -0.39 is 0 Å². The molecule has 0 saturated carbocycles. The summed E-state index contributed by atoms with van der Waals surface area (Å²) >= 11 is 0. The molecule has 0 atom stereocenters. The molecule has 0 fully saturated rings. The molecule has 4 heterocycles. The summed E-state index contributed by atoms with van der Waals surface area (Å²) in [5.41, 5.74) is 7.63. The van der Waals surface area contributed by atoms with Gasteiger partial charge in [0.15, 0.2) is 0 Å². The summed E-state index contributed by atoms with van der Waals surface area (Å²) in [6.07, 6.45) is 1.88. The Morgan fingerprint density at radius 3 is 2.05 bits per heavy atom. The van der Waals surface area contributed by atoms with E-state index in [4.69, 9.17) is 14.7 Å². The van der Waals surface area contributed by atoms with E-state index in [2.05, 4.69) is 135 Å². The minimum atomic E-state index is -0.0699. The van der Waals surface area contributed by atoms with Gasteiger partial charge >= 0.3 is 0 Å². The van der Waals surface area contributed by atoms with Crippen LogP contribution in [0.5, 0.6) is 11.5 Å². The van der Waals surface area contributed by atoms with Crippen LogP contribution >= 0.6 is 0 Å². The zero-order chi connectivity index (χ0) is 29.5. The van der Waals surface area contributed by atoms with E-state index >= 15 is 0 Å². The molecule has 0 saturated heterocycles. The summed E-state index contributed by atoms with van der Waals surface area (Å²) < 4.78 is 11.2. The third kappa shape index (κ3) is 3.85. The van der Waals surface area contributed by atoms with Crippen LogP contribution in [0.1, 0.15) is 37.7 Å². The number of para-hydroxylation sites is 2. The smallest absolute Gasteiger partial charge is 0.145 e. The van der Waals surface area contributed by atoms with Crippen LogP contribution in [-0.2, 0) is 5.41 Å². The van der Waals surface area contributed by atoms with Gasteiger partial charge in [0.2, 0.25) is 0 Å². The number of fused-ring (bicyclic) bond motifs is 9. The van der Waals surface area contributed by atoms with Crippen molar-refractivity contribution in [1.29, 1.82) is 0 Å². The molecule has 0 unspecified atom stereocenters. The number of benzene rings is 4. The molecule has 43 heavy (non-hydrogen) atoms. The van der Waals surface area contributed by atoms with Crippen molar-refractivity contribution in [2.75, 3.05) is 0 Å². The highest BCUT2D eigenvalue weighted by Gasteiger charge is 2.23. The zero-order valence-corrected chi connectivity index (χ0v) is 25.0. The van der Waals surface area contributed by atoms with Crippen molar-refractivity contribution in [2.24, 2.45) is 0 Å². The van der Waals surface area contributed by atoms with Crippen LogP contribution in [0.2, 0.25) is 0 Å². The molecule has 0 radical (unpaired) electrons. The molecule has 0 amide bonds. The molecule has 0 aliphatic heterocycles. The molecule has 0 bridgehead atoms. The van der Waals surface area contributed by atoms with Crippen LogP contribution < -0.4 is 4.74 Å². The molecule has 8 rings (SSSR count). The van der Waals surface area contributed by atoms with Crippen LogP contribution in [0.25, 0.3) is 54.9 Å². The largest absolute Gasteiger partial charge is 0.457 e. The molecule has 4 aromatic heterocycles. The van der Waals surface area contributed by atoms with Gasteiger partial charge in [-0.25, -0.2) is 9.97 Å². The Balaban J connectivity index is 1.32. The van der Waals surface area contributed by atoms with Crippen molar-refractivity contribution < 1.29 is 4.74 Å². The number of hydrogen-bond acceptors (Lipinski definition) is 3. The maximum absolute atomic E-state index is 6.61. The monoisotopic (exact) mass is 560 g/mol. The van der Waals surface area contributed by atoms with Crippen molar-refractivity contribution >= 4 is 49.1 Å². The lowest BCUT2D eigenvalue weighted by Gasteiger charge is -2.23. The standard InChI is InChI=1S/C38H32N4O/c1-23-24(2)41-33-14-8-6-11-28(33)27-18-16-25(21-31(27)36(41)40-23)43-26-17-19-30-29-12-7-9-15-34(29)42(35(30)22-26)37-32(38(3,4)5)13-10-20-39-37/h6-22H,1-5H3. The quantitative estimate of drug-likeness (QED) is 0.202. The fraction of sp³-hybridized carbons (Fsp3) is 0.158. The highest BCUT2D eigenvalue weighted by Crippen LogP contribution is 2.39. The number of aromatic nitrogens is 4. The summed E-state index contributed by atoms with van der Waals surface area (Å²) in [6, 6.07) is 34.0. The van der Waals surface area contributed by atoms with Gasteiger partial charge in [0.05, 0.1) is 22.2 Å². The van der Waals surface area contributed by atoms with Gasteiger partial charge in [-0.2, -0.15) is 0 Å². The Bertz CT molecular complexity index is 2390. The van der Waals surface area contributed by atoms with E-state index in [0.29, 0.717) is 0 Å². The SMILES string of the molecule is Cc1nc2c3cc(Oc4ccc5c6ccccc6n(-c6ncccc6C(C)(C)C)c5c4)ccc3c3ccccc3n2c1C. The molecular weight excluding hydrogens is 528 g/mol. The van der Waals surface area contributed by atoms with Gasteiger partial charge in [0.1, 0.15) is 23.0 Å². The first-order valence-electron chi connectivity index (χ1n) is 14.8. The number of aryl methyl sites for hydroxylation is 2. The predicted octanol–water partition coefficient (Wildman–Crippen LogP) is 9.84. The maximum Gasteiger partial charge on any atom is 0.145 e. The van der Waals surface area contributed by atoms with E-state index in [1.54, 1.807) is 0 Å². The lowest BCUT2D eigenvalue weighted by Crippen LogP contribution is -2.16. The zero-order valence-electron chi connectivity index (χ0n) is 25.0. The summed E-state index contributed by atoms with van der Waals surface area (Å²) in [7, 11) is 0. The summed E-state index contributed by atoms with van der Waals surface area (Å²) in [4.78, 5) is 9.89. The van der Waals surface area contributed by atoms with E-state index in [-0.39, 0.29) is 5.41 Å². The fourth-order valence-corrected chi connectivity index (χ4v) is 6.53. The fourth-order valence-electron chi connectivity index (χ4n) is 6.53. The molecular formula is C38H32N4O. The summed E-state index contributed by atoms with van der Waals surface area (Å²) in [5.74, 6) is 2.50. The average Bonchev–Trinajstić information content (AvgIpc) is 3.50. The topological polar surface area (TPSA) is 44.3 Å². The summed E-state index contributed by atoms with van der Waals surface area (Å²) in [5, 5.41) is 5.81. The Morgan fingerprint density at radius 1 is 0.628 bits per heavy atom. The average molecular weight is 561 g/mol. The van der Waals surface area contributed by atoms with Gasteiger partial charge in [0.25, 0.3) is 0 Å². The first kappa shape index (κ1) is 25.5. The van der Waals surface area contributed by atoms with E-state index in [9.17, 15) is 0 Å². The lowest BCUT2D eigenvalue weighted by molar-refractivity contribution is 0.484. The molecule has 0 aliphatic carbocycles. The van der Waals surface area contributed by atoms with E-state index in [1.807, 2.05) is 12.3 Å². The van der Waals surface area contributed by atoms with Crippen LogP contribution in [0, 0.1) is 13.8 Å². The number of hydrogen-bond donors (Lipinski definition) is 0. The molecule has 0 aliphatic rings. The van der Waals surface area contributed by atoms with Gasteiger partial charge in [-0.3, -0.25) is 8.97 Å². The number of pyridine rings is 2. The van der Waals surface area contributed by atoms with Gasteiger partial charge in [-0.05, 0) is 73.2 Å². The van der Waals surface area contributed by atoms with Crippen LogP contribution in [-0.4, -0.2) is 18.9 Å². The number of nitrogens with zero attached hydrogens (tertiary/aromatic N) is 4. The third-order valence-electron chi connectivity index (χ3n) is 8.70. The number of rotatable bonds is 3.